The number of benzene rings is 3. The summed E-state index contributed by atoms with van der Waals surface area (Å²) in [7, 11) is 0. The number of carbonyl (C=O) groups is 1. The second-order valence-corrected chi connectivity index (χ2v) is 7.62. The van der Waals surface area contributed by atoms with Gasteiger partial charge in [0.25, 0.3) is 0 Å². The van der Waals surface area contributed by atoms with Gasteiger partial charge in [0.2, 0.25) is 5.91 Å². The minimum atomic E-state index is -0.372. The molecule has 0 aliphatic heterocycles. The number of nitrogens with zero attached hydrogens (tertiary/aromatic N) is 1. The van der Waals surface area contributed by atoms with Crippen LogP contribution in [0, 0.1) is 5.92 Å². The molecular formula is C25H25N3O. The molecule has 0 fully saturated rings. The average Bonchev–Trinajstić information content (AvgIpc) is 3.17. The van der Waals surface area contributed by atoms with Gasteiger partial charge in [-0.3, -0.25) is 4.79 Å². The van der Waals surface area contributed by atoms with E-state index in [1.807, 2.05) is 84.9 Å². The number of imidazole rings is 1. The van der Waals surface area contributed by atoms with Gasteiger partial charge in [0, 0.05) is 0 Å². The molecular weight excluding hydrogens is 358 g/mol. The zero-order valence-electron chi connectivity index (χ0n) is 16.7. The van der Waals surface area contributed by atoms with Gasteiger partial charge in [0.05, 0.1) is 23.0 Å². The lowest BCUT2D eigenvalue weighted by atomic mass is 9.89. The molecule has 0 spiro atoms. The first kappa shape index (κ1) is 18.9. The molecule has 1 aromatic heterocycles. The van der Waals surface area contributed by atoms with Crippen LogP contribution in [0.3, 0.4) is 0 Å². The lowest BCUT2D eigenvalue weighted by Gasteiger charge is -2.24. The summed E-state index contributed by atoms with van der Waals surface area (Å²) in [6.45, 7) is 4.19. The molecule has 0 unspecified atom stereocenters. The van der Waals surface area contributed by atoms with Gasteiger partial charge in [-0.1, -0.05) is 86.6 Å². The molecule has 1 atom stereocenters. The zero-order valence-corrected chi connectivity index (χ0v) is 16.7. The van der Waals surface area contributed by atoms with Crippen LogP contribution < -0.4 is 5.32 Å². The third kappa shape index (κ3) is 4.06. The number of amides is 1. The third-order valence-corrected chi connectivity index (χ3v) is 5.19. The number of nitrogens with one attached hydrogen (secondary N) is 2. The zero-order chi connectivity index (χ0) is 20.2. The van der Waals surface area contributed by atoms with Gasteiger partial charge >= 0.3 is 0 Å². The maximum absolute atomic E-state index is 13.5. The lowest BCUT2D eigenvalue weighted by molar-refractivity contribution is -0.122. The van der Waals surface area contributed by atoms with Crippen molar-refractivity contribution in [1.82, 2.24) is 15.3 Å². The largest absolute Gasteiger partial charge is 0.345 e. The first-order valence-electron chi connectivity index (χ1n) is 9.98. The second kappa shape index (κ2) is 8.31. The van der Waals surface area contributed by atoms with Crippen molar-refractivity contribution in [3.63, 3.8) is 0 Å². The van der Waals surface area contributed by atoms with Crippen LogP contribution >= 0.6 is 0 Å². The number of H-pyrrole nitrogens is 1. The fourth-order valence-electron chi connectivity index (χ4n) is 3.69. The summed E-state index contributed by atoms with van der Waals surface area (Å²) in [5.41, 5.74) is 3.83. The van der Waals surface area contributed by atoms with Gasteiger partial charge in [-0.2, -0.15) is 0 Å². The lowest BCUT2D eigenvalue weighted by Crippen LogP contribution is -2.36. The molecule has 4 rings (SSSR count). The summed E-state index contributed by atoms with van der Waals surface area (Å²) in [6, 6.07) is 27.5. The standard InChI is InChI=1S/C25H25N3O/c1-17(2)23(24-26-20-15-9-10-16-21(20)27-24)28-25(29)22(18-11-5-3-6-12-18)19-13-7-4-8-14-19/h3-17,22-23H,1-2H3,(H,26,27)(H,28,29)/t23-/m0/s1. The highest BCUT2D eigenvalue weighted by atomic mass is 16.2. The maximum atomic E-state index is 13.5. The van der Waals surface area contributed by atoms with E-state index in [4.69, 9.17) is 4.98 Å². The van der Waals surface area contributed by atoms with E-state index in [1.54, 1.807) is 0 Å². The Balaban J connectivity index is 1.67. The monoisotopic (exact) mass is 383 g/mol. The molecule has 1 heterocycles. The molecule has 2 N–H and O–H groups in total. The van der Waals surface area contributed by atoms with E-state index in [9.17, 15) is 4.79 Å². The molecule has 0 aliphatic carbocycles. The smallest absolute Gasteiger partial charge is 0.232 e. The van der Waals surface area contributed by atoms with Crippen molar-refractivity contribution >= 4 is 16.9 Å². The Kier molecular flexibility index (Phi) is 5.43. The Labute approximate surface area is 171 Å². The van der Waals surface area contributed by atoms with E-state index >= 15 is 0 Å². The molecule has 29 heavy (non-hydrogen) atoms. The van der Waals surface area contributed by atoms with E-state index in [2.05, 4.69) is 24.1 Å². The molecule has 0 saturated carbocycles. The van der Waals surface area contributed by atoms with E-state index in [-0.39, 0.29) is 23.8 Å². The number of para-hydroxylation sites is 2. The van der Waals surface area contributed by atoms with E-state index < -0.39 is 0 Å². The molecule has 4 heteroatoms. The highest BCUT2D eigenvalue weighted by Gasteiger charge is 2.28. The van der Waals surface area contributed by atoms with Crippen LogP contribution in [-0.2, 0) is 4.79 Å². The molecule has 0 radical (unpaired) electrons. The SMILES string of the molecule is CC(C)[C@H](NC(=O)C(c1ccccc1)c1ccccc1)c1nc2ccccc2[nH]1. The summed E-state index contributed by atoms with van der Waals surface area (Å²) in [4.78, 5) is 21.6. The van der Waals surface area contributed by atoms with E-state index in [0.717, 1.165) is 28.0 Å². The fraction of sp³-hybridized carbons (Fsp3) is 0.200. The number of hydrogen-bond donors (Lipinski definition) is 2. The first-order chi connectivity index (χ1) is 14.1. The summed E-state index contributed by atoms with van der Waals surface area (Å²) in [6.07, 6.45) is 0. The third-order valence-electron chi connectivity index (χ3n) is 5.19. The van der Waals surface area contributed by atoms with E-state index in [1.165, 1.54) is 0 Å². The quantitative estimate of drug-likeness (QED) is 0.480. The topological polar surface area (TPSA) is 57.8 Å². The molecule has 3 aromatic carbocycles. The van der Waals surface area contributed by atoms with Crippen LogP contribution in [0.25, 0.3) is 11.0 Å². The second-order valence-electron chi connectivity index (χ2n) is 7.62. The Morgan fingerprint density at radius 2 is 1.38 bits per heavy atom. The van der Waals surface area contributed by atoms with Crippen LogP contribution in [0.1, 0.15) is 42.8 Å². The van der Waals surface area contributed by atoms with Crippen molar-refractivity contribution in [1.29, 1.82) is 0 Å². The van der Waals surface area contributed by atoms with Crippen molar-refractivity contribution in [3.8, 4) is 0 Å². The Hall–Kier alpha value is -3.40. The normalized spacial score (nSPS) is 12.4. The molecule has 0 saturated heterocycles. The van der Waals surface area contributed by atoms with Gasteiger partial charge < -0.3 is 10.3 Å². The van der Waals surface area contributed by atoms with Crippen LogP contribution in [0.5, 0.6) is 0 Å². The van der Waals surface area contributed by atoms with Crippen molar-refractivity contribution in [2.24, 2.45) is 5.92 Å². The highest BCUT2D eigenvalue weighted by molar-refractivity contribution is 5.87. The molecule has 4 aromatic rings. The summed E-state index contributed by atoms with van der Waals surface area (Å²) < 4.78 is 0. The Morgan fingerprint density at radius 3 is 1.93 bits per heavy atom. The highest BCUT2D eigenvalue weighted by Crippen LogP contribution is 2.28. The number of fused-ring (bicyclic) bond motifs is 1. The first-order valence-corrected chi connectivity index (χ1v) is 9.98. The predicted molar refractivity (Wildman–Crippen MR) is 117 cm³/mol. The molecule has 4 nitrogen and oxygen atoms in total. The van der Waals surface area contributed by atoms with Crippen LogP contribution in [0.4, 0.5) is 0 Å². The van der Waals surface area contributed by atoms with Gasteiger partial charge in [0.1, 0.15) is 5.82 Å². The summed E-state index contributed by atoms with van der Waals surface area (Å²) in [5.74, 6) is 0.575. The Morgan fingerprint density at radius 1 is 0.828 bits per heavy atom. The number of carbonyl (C=O) groups excluding carboxylic acids is 1. The molecule has 0 bridgehead atoms. The van der Waals surface area contributed by atoms with Gasteiger partial charge in [-0.05, 0) is 29.2 Å². The van der Waals surface area contributed by atoms with Crippen molar-refractivity contribution in [3.05, 3.63) is 102 Å². The Bertz CT molecular complexity index is 1010. The molecule has 146 valence electrons. The number of aromatic nitrogens is 2. The van der Waals surface area contributed by atoms with Crippen LogP contribution in [-0.4, -0.2) is 15.9 Å². The fourth-order valence-corrected chi connectivity index (χ4v) is 3.69. The number of rotatable bonds is 6. The average molecular weight is 383 g/mol. The van der Waals surface area contributed by atoms with Crippen molar-refractivity contribution < 1.29 is 4.79 Å². The van der Waals surface area contributed by atoms with Gasteiger partial charge in [-0.15, -0.1) is 0 Å². The maximum Gasteiger partial charge on any atom is 0.232 e. The van der Waals surface area contributed by atoms with Crippen LogP contribution in [0.2, 0.25) is 0 Å². The number of aromatic amines is 1. The minimum Gasteiger partial charge on any atom is -0.345 e. The predicted octanol–water partition coefficient (Wildman–Crippen LogP) is 5.21. The van der Waals surface area contributed by atoms with Crippen molar-refractivity contribution in [2.45, 2.75) is 25.8 Å². The van der Waals surface area contributed by atoms with E-state index in [0.29, 0.717) is 0 Å². The molecule has 1 amide bonds. The van der Waals surface area contributed by atoms with Crippen molar-refractivity contribution in [2.75, 3.05) is 0 Å². The summed E-state index contributed by atoms with van der Waals surface area (Å²) in [5, 5.41) is 3.26. The summed E-state index contributed by atoms with van der Waals surface area (Å²) >= 11 is 0. The molecule has 0 aliphatic rings. The minimum absolute atomic E-state index is 0.0263. The number of hydrogen-bond acceptors (Lipinski definition) is 2. The van der Waals surface area contributed by atoms with Gasteiger partial charge in [-0.25, -0.2) is 4.98 Å². The van der Waals surface area contributed by atoms with Crippen LogP contribution in [0.15, 0.2) is 84.9 Å². The van der Waals surface area contributed by atoms with Gasteiger partial charge in [0.15, 0.2) is 0 Å².